The summed E-state index contributed by atoms with van der Waals surface area (Å²) in [5.41, 5.74) is 0.803. The van der Waals surface area contributed by atoms with Gasteiger partial charge in [0, 0.05) is 11.4 Å². The lowest BCUT2D eigenvalue weighted by atomic mass is 9.99. The molecular weight excluding hydrogens is 535 g/mol. The minimum Gasteiger partial charge on any atom is -0.294 e. The SMILES string of the molecule is [C-]#[N+]C1=C(C)N(c2cccc(C(F)(F)F)c2)c2nc(N3C(=O)c4ccccc4C3=O)nn2C1c1ccc(C#N)cc1. The molecule has 200 valence electrons. The molecule has 0 fully saturated rings. The van der Waals surface area contributed by atoms with Crippen molar-refractivity contribution in [1.82, 2.24) is 14.8 Å². The van der Waals surface area contributed by atoms with Crippen molar-refractivity contribution in [3.63, 3.8) is 0 Å². The Hall–Kier alpha value is -5.75. The number of carbonyl (C=O) groups excluding carboxylic acids is 2. The van der Waals surface area contributed by atoms with Gasteiger partial charge in [0.1, 0.15) is 6.04 Å². The lowest BCUT2D eigenvalue weighted by Crippen LogP contribution is -2.31. The van der Waals surface area contributed by atoms with Gasteiger partial charge < -0.3 is 0 Å². The number of amides is 2. The number of carbonyl (C=O) groups is 2. The fourth-order valence-corrected chi connectivity index (χ4v) is 4.99. The fraction of sp³-hybridized carbons (Fsp3) is 0.103. The summed E-state index contributed by atoms with van der Waals surface area (Å²) in [7, 11) is 0. The minimum atomic E-state index is -4.63. The van der Waals surface area contributed by atoms with Gasteiger partial charge in [0.05, 0.1) is 34.9 Å². The Balaban J connectivity index is 1.57. The number of imide groups is 1. The Morgan fingerprint density at radius 1 is 0.951 bits per heavy atom. The Kier molecular flexibility index (Phi) is 5.71. The summed E-state index contributed by atoms with van der Waals surface area (Å²) in [5, 5.41) is 13.7. The Morgan fingerprint density at radius 2 is 1.61 bits per heavy atom. The van der Waals surface area contributed by atoms with E-state index >= 15 is 0 Å². The van der Waals surface area contributed by atoms with Crippen LogP contribution in [0.2, 0.25) is 0 Å². The van der Waals surface area contributed by atoms with E-state index in [0.29, 0.717) is 11.1 Å². The van der Waals surface area contributed by atoms with Gasteiger partial charge in [-0.2, -0.15) is 23.4 Å². The molecule has 2 amide bonds. The largest absolute Gasteiger partial charge is 0.416 e. The summed E-state index contributed by atoms with van der Waals surface area (Å²) in [6, 6.07) is 18.3. The van der Waals surface area contributed by atoms with Gasteiger partial charge in [0.25, 0.3) is 17.8 Å². The number of allylic oxidation sites excluding steroid dienone is 2. The van der Waals surface area contributed by atoms with E-state index in [1.54, 1.807) is 43.3 Å². The topological polar surface area (TPSA) is 99.5 Å². The van der Waals surface area contributed by atoms with E-state index in [1.807, 2.05) is 6.07 Å². The molecule has 0 N–H and O–H groups in total. The van der Waals surface area contributed by atoms with Crippen molar-refractivity contribution in [2.45, 2.75) is 19.1 Å². The Bertz CT molecular complexity index is 1840. The number of fused-ring (bicyclic) bond motifs is 2. The normalized spacial score (nSPS) is 16.4. The zero-order valence-electron chi connectivity index (χ0n) is 21.1. The van der Waals surface area contributed by atoms with Crippen LogP contribution in [0, 0.1) is 17.9 Å². The maximum Gasteiger partial charge on any atom is 0.416 e. The molecule has 41 heavy (non-hydrogen) atoms. The molecule has 12 heteroatoms. The summed E-state index contributed by atoms with van der Waals surface area (Å²) in [6.45, 7) is 9.55. The number of aromatic nitrogens is 3. The summed E-state index contributed by atoms with van der Waals surface area (Å²) < 4.78 is 42.2. The molecule has 1 unspecified atom stereocenters. The zero-order chi connectivity index (χ0) is 29.1. The smallest absolute Gasteiger partial charge is 0.294 e. The molecule has 0 aliphatic carbocycles. The van der Waals surface area contributed by atoms with E-state index in [0.717, 1.165) is 17.0 Å². The number of benzene rings is 3. The number of halogens is 3. The molecule has 3 aromatic carbocycles. The van der Waals surface area contributed by atoms with Gasteiger partial charge >= 0.3 is 6.18 Å². The highest BCUT2D eigenvalue weighted by Gasteiger charge is 2.43. The van der Waals surface area contributed by atoms with Crippen molar-refractivity contribution in [2.75, 3.05) is 9.80 Å². The summed E-state index contributed by atoms with van der Waals surface area (Å²) in [5.74, 6) is -1.59. The number of hydrogen-bond donors (Lipinski definition) is 0. The van der Waals surface area contributed by atoms with Crippen LogP contribution in [0.25, 0.3) is 4.85 Å². The summed E-state index contributed by atoms with van der Waals surface area (Å²) in [6.07, 6.45) is -4.63. The van der Waals surface area contributed by atoms with E-state index in [9.17, 15) is 28.0 Å². The highest BCUT2D eigenvalue weighted by molar-refractivity contribution is 6.33. The van der Waals surface area contributed by atoms with E-state index < -0.39 is 29.6 Å². The number of hydrogen-bond acceptors (Lipinski definition) is 6. The molecule has 1 aromatic heterocycles. The Morgan fingerprint density at radius 3 is 2.20 bits per heavy atom. The lowest BCUT2D eigenvalue weighted by molar-refractivity contribution is -0.137. The van der Waals surface area contributed by atoms with Gasteiger partial charge in [-0.1, -0.05) is 30.3 Å². The number of anilines is 3. The van der Waals surface area contributed by atoms with Crippen LogP contribution in [0.4, 0.5) is 30.8 Å². The highest BCUT2D eigenvalue weighted by atomic mass is 19.4. The van der Waals surface area contributed by atoms with Crippen LogP contribution in [-0.2, 0) is 6.18 Å². The minimum absolute atomic E-state index is 0.00450. The first kappa shape index (κ1) is 25.5. The van der Waals surface area contributed by atoms with Crippen LogP contribution in [0.3, 0.4) is 0 Å². The number of rotatable bonds is 3. The molecule has 2 aliphatic heterocycles. The second kappa shape index (κ2) is 9.17. The monoisotopic (exact) mass is 551 g/mol. The van der Waals surface area contributed by atoms with Crippen LogP contribution >= 0.6 is 0 Å². The van der Waals surface area contributed by atoms with Crippen molar-refractivity contribution in [1.29, 1.82) is 5.26 Å². The first-order valence-corrected chi connectivity index (χ1v) is 12.1. The molecule has 0 saturated heterocycles. The second-order valence-corrected chi connectivity index (χ2v) is 9.25. The third kappa shape index (κ3) is 3.93. The third-order valence-electron chi connectivity index (χ3n) is 6.91. The molecule has 0 bridgehead atoms. The molecule has 6 rings (SSSR count). The van der Waals surface area contributed by atoms with Crippen molar-refractivity contribution < 1.29 is 22.8 Å². The van der Waals surface area contributed by atoms with Crippen molar-refractivity contribution in [3.8, 4) is 6.07 Å². The predicted molar refractivity (Wildman–Crippen MR) is 140 cm³/mol. The molecule has 0 radical (unpaired) electrons. The van der Waals surface area contributed by atoms with Gasteiger partial charge in [-0.25, -0.2) is 14.4 Å². The van der Waals surface area contributed by atoms with E-state index in [-0.39, 0.29) is 40.1 Å². The van der Waals surface area contributed by atoms with E-state index in [4.69, 9.17) is 6.57 Å². The van der Waals surface area contributed by atoms with Crippen LogP contribution in [-0.4, -0.2) is 26.6 Å². The summed E-state index contributed by atoms with van der Waals surface area (Å²) >= 11 is 0. The van der Waals surface area contributed by atoms with Crippen molar-refractivity contribution >= 4 is 29.4 Å². The maximum absolute atomic E-state index is 13.6. The molecule has 9 nitrogen and oxygen atoms in total. The van der Waals surface area contributed by atoms with Gasteiger partial charge in [0.15, 0.2) is 0 Å². The van der Waals surface area contributed by atoms with Crippen molar-refractivity contribution in [3.05, 3.63) is 123 Å². The molecule has 4 aromatic rings. The first-order chi connectivity index (χ1) is 19.6. The highest BCUT2D eigenvalue weighted by Crippen LogP contribution is 2.44. The number of nitriles is 1. The summed E-state index contributed by atoms with van der Waals surface area (Å²) in [4.78, 5) is 36.8. The average molecular weight is 551 g/mol. The fourth-order valence-electron chi connectivity index (χ4n) is 4.99. The van der Waals surface area contributed by atoms with Crippen LogP contribution < -0.4 is 9.80 Å². The molecule has 1 atom stereocenters. The molecule has 2 aliphatic rings. The van der Waals surface area contributed by atoms with Crippen LogP contribution in [0.1, 0.15) is 50.4 Å². The quantitative estimate of drug-likeness (QED) is 0.234. The first-order valence-electron chi connectivity index (χ1n) is 12.1. The van der Waals surface area contributed by atoms with Gasteiger partial charge in [-0.3, -0.25) is 14.5 Å². The van der Waals surface area contributed by atoms with Crippen LogP contribution in [0.5, 0.6) is 0 Å². The van der Waals surface area contributed by atoms with Gasteiger partial charge in [0.2, 0.25) is 11.6 Å². The average Bonchev–Trinajstić information content (AvgIpc) is 3.50. The molecular formula is C29H16F3N7O2. The number of nitrogens with zero attached hydrogens (tertiary/aromatic N) is 7. The molecule has 0 spiro atoms. The maximum atomic E-state index is 13.6. The standard InChI is InChI=1S/C29H16F3N7O2/c1-16-23(34-2)24(18-12-10-17(15-33)11-13-18)39-28(37(16)20-7-5-6-19(14-20)29(30,31)32)35-27(36-39)38-25(40)21-8-3-4-9-22(21)26(38)41/h3-14,24H,1H3. The second-order valence-electron chi connectivity index (χ2n) is 9.25. The van der Waals surface area contributed by atoms with E-state index in [2.05, 4.69) is 14.9 Å². The van der Waals surface area contributed by atoms with E-state index in [1.165, 1.54) is 33.8 Å². The van der Waals surface area contributed by atoms with Crippen molar-refractivity contribution in [2.24, 2.45) is 0 Å². The van der Waals surface area contributed by atoms with Gasteiger partial charge in [-0.15, -0.1) is 5.10 Å². The predicted octanol–water partition coefficient (Wildman–Crippen LogP) is 5.86. The number of alkyl halides is 3. The zero-order valence-corrected chi connectivity index (χ0v) is 21.1. The molecule has 3 heterocycles. The molecule has 0 saturated carbocycles. The lowest BCUT2D eigenvalue weighted by Gasteiger charge is -2.34. The van der Waals surface area contributed by atoms with Gasteiger partial charge in [-0.05, 0) is 55.0 Å². The van der Waals surface area contributed by atoms with Crippen LogP contribution in [0.15, 0.2) is 84.2 Å². The third-order valence-corrected chi connectivity index (χ3v) is 6.91. The Labute approximate surface area is 230 Å².